The van der Waals surface area contributed by atoms with Crippen LogP contribution in [0, 0.1) is 0 Å². The summed E-state index contributed by atoms with van der Waals surface area (Å²) in [5.74, 6) is -2.43. The summed E-state index contributed by atoms with van der Waals surface area (Å²) in [4.78, 5) is 48.6. The highest BCUT2D eigenvalue weighted by Gasteiger charge is 2.16. The molecule has 0 radical (unpaired) electrons. The smallest absolute Gasteiger partial charge is 0.319 e. The predicted octanol–water partition coefficient (Wildman–Crippen LogP) is -1.55. The van der Waals surface area contributed by atoms with Gasteiger partial charge < -0.3 is 19.7 Å². The number of carbonyl (C=O) groups is 4. The summed E-state index contributed by atoms with van der Waals surface area (Å²) in [6.07, 6.45) is 0.611. The van der Waals surface area contributed by atoms with Crippen LogP contribution in [0.3, 0.4) is 0 Å². The van der Waals surface area contributed by atoms with Gasteiger partial charge in [-0.25, -0.2) is 0 Å². The van der Waals surface area contributed by atoms with Gasteiger partial charge in [-0.1, -0.05) is 6.92 Å². The fraction of sp³-hybridized carbons (Fsp3) is 0.733. The maximum absolute atomic E-state index is 11.3. The lowest BCUT2D eigenvalue weighted by Crippen LogP contribution is -2.44. The van der Waals surface area contributed by atoms with E-state index in [-0.39, 0.29) is 38.7 Å². The van der Waals surface area contributed by atoms with Gasteiger partial charge in [0, 0.05) is 26.2 Å². The molecular weight excluding hydrogens is 334 g/mol. The molecule has 2 N–H and O–H groups in total. The van der Waals surface area contributed by atoms with Crippen LogP contribution in [0.15, 0.2) is 0 Å². The Morgan fingerprint density at radius 3 is 1.80 bits per heavy atom. The molecule has 0 heterocycles. The largest absolute Gasteiger partial charge is 0.480 e. The third kappa shape index (κ3) is 12.0. The van der Waals surface area contributed by atoms with Crippen LogP contribution in [0.4, 0.5) is 0 Å². The number of likely N-dealkylation sites (N-methyl/N-ethyl adjacent to an activating group) is 1. The first-order chi connectivity index (χ1) is 11.8. The molecule has 0 unspecified atom stereocenters. The Bertz CT molecular complexity index is 445. The van der Waals surface area contributed by atoms with Gasteiger partial charge in [-0.2, -0.15) is 0 Å². The van der Waals surface area contributed by atoms with E-state index in [1.807, 2.05) is 11.8 Å². The van der Waals surface area contributed by atoms with Crippen LogP contribution in [0.1, 0.15) is 6.92 Å². The van der Waals surface area contributed by atoms with E-state index in [0.29, 0.717) is 32.5 Å². The zero-order valence-electron chi connectivity index (χ0n) is 14.7. The molecule has 10 nitrogen and oxygen atoms in total. The van der Waals surface area contributed by atoms with E-state index in [1.165, 1.54) is 12.0 Å². The summed E-state index contributed by atoms with van der Waals surface area (Å²) in [6, 6.07) is 0. The van der Waals surface area contributed by atoms with Gasteiger partial charge in [0.05, 0.1) is 33.3 Å². The number of carbonyl (C=O) groups excluding carboxylic acids is 2. The molecule has 0 saturated heterocycles. The molecule has 0 amide bonds. The lowest BCUT2D eigenvalue weighted by atomic mass is 10.3. The molecule has 10 heteroatoms. The number of hydrogen-bond donors (Lipinski definition) is 2. The van der Waals surface area contributed by atoms with Crippen LogP contribution in [-0.4, -0.2) is 115 Å². The van der Waals surface area contributed by atoms with Gasteiger partial charge in [0.2, 0.25) is 0 Å². The molecule has 0 atom stereocenters. The summed E-state index contributed by atoms with van der Waals surface area (Å²) < 4.78 is 4.61. The Morgan fingerprint density at radius 2 is 1.36 bits per heavy atom. The van der Waals surface area contributed by atoms with Crippen molar-refractivity contribution in [2.24, 2.45) is 0 Å². The number of aldehydes is 1. The Morgan fingerprint density at radius 1 is 0.880 bits per heavy atom. The quantitative estimate of drug-likeness (QED) is 0.261. The van der Waals surface area contributed by atoms with Gasteiger partial charge in [-0.15, -0.1) is 0 Å². The van der Waals surface area contributed by atoms with E-state index in [1.54, 1.807) is 4.90 Å². The Kier molecular flexibility index (Phi) is 12.2. The summed E-state index contributed by atoms with van der Waals surface area (Å²) in [7, 11) is 1.30. The van der Waals surface area contributed by atoms with Crippen molar-refractivity contribution in [1.29, 1.82) is 0 Å². The highest BCUT2D eigenvalue weighted by molar-refractivity contribution is 5.71. The van der Waals surface area contributed by atoms with Crippen molar-refractivity contribution in [3.63, 3.8) is 0 Å². The number of methoxy groups -OCH3 is 1. The molecule has 25 heavy (non-hydrogen) atoms. The fourth-order valence-corrected chi connectivity index (χ4v) is 2.15. The number of hydrogen-bond acceptors (Lipinski definition) is 8. The first kappa shape index (κ1) is 23.0. The number of rotatable bonds is 15. The second kappa shape index (κ2) is 13.3. The molecule has 0 aliphatic carbocycles. The van der Waals surface area contributed by atoms with Crippen molar-refractivity contribution in [3.8, 4) is 0 Å². The van der Waals surface area contributed by atoms with Crippen molar-refractivity contribution in [1.82, 2.24) is 14.7 Å². The lowest BCUT2D eigenvalue weighted by molar-refractivity contribution is -0.142. The zero-order chi connectivity index (χ0) is 19.2. The van der Waals surface area contributed by atoms with Gasteiger partial charge in [0.1, 0.15) is 6.29 Å². The molecule has 0 saturated carbocycles. The molecule has 0 aliphatic heterocycles. The first-order valence-electron chi connectivity index (χ1n) is 7.93. The van der Waals surface area contributed by atoms with Crippen molar-refractivity contribution < 1.29 is 34.1 Å². The van der Waals surface area contributed by atoms with E-state index < -0.39 is 11.9 Å². The SMILES string of the molecule is CCN(CCN(CCN(CC=O)CC(=O)O)CC(=O)O)CC(=O)OC. The molecular formula is C15H27N3O7. The maximum Gasteiger partial charge on any atom is 0.319 e. The van der Waals surface area contributed by atoms with Crippen LogP contribution in [-0.2, 0) is 23.9 Å². The topological polar surface area (TPSA) is 128 Å². The Balaban J connectivity index is 4.60. The van der Waals surface area contributed by atoms with Crippen molar-refractivity contribution in [2.75, 3.05) is 66.0 Å². The van der Waals surface area contributed by atoms with E-state index in [2.05, 4.69) is 4.74 Å². The molecule has 0 aromatic carbocycles. The summed E-state index contributed by atoms with van der Waals surface area (Å²) >= 11 is 0. The standard InChI is InChI=1S/C15H27N3O7/c1-3-16(12-15(24)25-2)4-5-17(10-13(20)21)6-7-18(8-9-19)11-14(22)23/h9H,3-8,10-12H2,1-2H3,(H,20,21)(H,22,23). The number of ether oxygens (including phenoxy) is 1. The van der Waals surface area contributed by atoms with E-state index in [4.69, 9.17) is 10.2 Å². The second-order valence-corrected chi connectivity index (χ2v) is 5.41. The molecule has 0 spiro atoms. The van der Waals surface area contributed by atoms with Crippen LogP contribution >= 0.6 is 0 Å². The first-order valence-corrected chi connectivity index (χ1v) is 7.93. The average Bonchev–Trinajstić information content (AvgIpc) is 2.54. The molecule has 144 valence electrons. The van der Waals surface area contributed by atoms with E-state index >= 15 is 0 Å². The van der Waals surface area contributed by atoms with Crippen LogP contribution in [0.5, 0.6) is 0 Å². The van der Waals surface area contributed by atoms with Crippen LogP contribution < -0.4 is 0 Å². The number of carboxylic acid groups (broad SMARTS) is 2. The van der Waals surface area contributed by atoms with Crippen molar-refractivity contribution >= 4 is 24.2 Å². The normalized spacial score (nSPS) is 11.1. The minimum atomic E-state index is -1.05. The minimum absolute atomic E-state index is 0.0311. The Labute approximate surface area is 146 Å². The molecule has 0 aliphatic rings. The third-order valence-corrected chi connectivity index (χ3v) is 3.54. The van der Waals surface area contributed by atoms with Crippen LogP contribution in [0.25, 0.3) is 0 Å². The summed E-state index contributed by atoms with van der Waals surface area (Å²) in [6.45, 7) is 3.46. The van der Waals surface area contributed by atoms with Crippen molar-refractivity contribution in [3.05, 3.63) is 0 Å². The second-order valence-electron chi connectivity index (χ2n) is 5.41. The van der Waals surface area contributed by atoms with Crippen molar-refractivity contribution in [2.45, 2.75) is 6.92 Å². The zero-order valence-corrected chi connectivity index (χ0v) is 14.7. The van der Waals surface area contributed by atoms with Gasteiger partial charge in [0.25, 0.3) is 0 Å². The highest BCUT2D eigenvalue weighted by Crippen LogP contribution is 1.96. The average molecular weight is 361 g/mol. The molecule has 0 aromatic heterocycles. The van der Waals surface area contributed by atoms with Crippen LogP contribution in [0.2, 0.25) is 0 Å². The third-order valence-electron chi connectivity index (χ3n) is 3.54. The summed E-state index contributed by atoms with van der Waals surface area (Å²) in [5.41, 5.74) is 0. The molecule has 0 rings (SSSR count). The van der Waals surface area contributed by atoms with Gasteiger partial charge >= 0.3 is 17.9 Å². The molecule has 0 aromatic rings. The van der Waals surface area contributed by atoms with Gasteiger partial charge in [-0.3, -0.25) is 29.1 Å². The number of nitrogens with zero attached hydrogens (tertiary/aromatic N) is 3. The molecule has 0 fully saturated rings. The number of carboxylic acids is 2. The number of aliphatic carboxylic acids is 2. The van der Waals surface area contributed by atoms with E-state index in [0.717, 1.165) is 0 Å². The Hall–Kier alpha value is -2.04. The highest BCUT2D eigenvalue weighted by atomic mass is 16.5. The van der Waals surface area contributed by atoms with E-state index in [9.17, 15) is 19.2 Å². The maximum atomic E-state index is 11.3. The molecule has 0 bridgehead atoms. The monoisotopic (exact) mass is 361 g/mol. The lowest BCUT2D eigenvalue weighted by Gasteiger charge is -2.27. The fourth-order valence-electron chi connectivity index (χ4n) is 2.15. The summed E-state index contributed by atoms with van der Waals surface area (Å²) in [5, 5.41) is 17.8. The predicted molar refractivity (Wildman–Crippen MR) is 88.3 cm³/mol. The van der Waals surface area contributed by atoms with Gasteiger partial charge in [-0.05, 0) is 6.54 Å². The van der Waals surface area contributed by atoms with Gasteiger partial charge in [0.15, 0.2) is 0 Å². The minimum Gasteiger partial charge on any atom is -0.480 e. The number of esters is 1.